The molecule has 7 nitrogen and oxygen atoms in total. The van der Waals surface area contributed by atoms with Crippen molar-refractivity contribution in [3.8, 4) is 5.75 Å². The lowest BCUT2D eigenvalue weighted by Crippen LogP contribution is -2.38. The smallest absolute Gasteiger partial charge is 0.338 e. The number of amides is 1. The van der Waals surface area contributed by atoms with Gasteiger partial charge in [-0.05, 0) is 57.9 Å². The normalized spacial score (nSPS) is 14.9. The number of hydrogen-bond acceptors (Lipinski definition) is 6. The summed E-state index contributed by atoms with van der Waals surface area (Å²) in [6.45, 7) is 7.11. The zero-order chi connectivity index (χ0) is 19.4. The van der Waals surface area contributed by atoms with E-state index in [1.54, 1.807) is 36.1 Å². The minimum absolute atomic E-state index is 0.139. The number of esters is 1. The van der Waals surface area contributed by atoms with Crippen LogP contribution in [0.15, 0.2) is 28.8 Å². The maximum Gasteiger partial charge on any atom is 0.338 e. The molecule has 1 aromatic heterocycles. The van der Waals surface area contributed by atoms with Crippen molar-refractivity contribution in [2.24, 2.45) is 0 Å². The Bertz CT molecular complexity index is 787. The average Bonchev–Trinajstić information content (AvgIpc) is 3.30. The van der Waals surface area contributed by atoms with Crippen molar-refractivity contribution in [2.45, 2.75) is 46.3 Å². The number of likely N-dealkylation sites (tertiary alicyclic amines) is 1. The fraction of sp³-hybridized carbons (Fsp3) is 0.450. The quantitative estimate of drug-likeness (QED) is 0.725. The van der Waals surface area contributed by atoms with Gasteiger partial charge in [0.15, 0.2) is 6.10 Å². The molecule has 1 amide bonds. The summed E-state index contributed by atoms with van der Waals surface area (Å²) in [4.78, 5) is 26.2. The van der Waals surface area contributed by atoms with Crippen molar-refractivity contribution in [3.63, 3.8) is 0 Å². The predicted molar refractivity (Wildman–Crippen MR) is 97.4 cm³/mol. The fourth-order valence-corrected chi connectivity index (χ4v) is 3.02. The number of carbonyl (C=O) groups is 2. The number of hydrogen-bond donors (Lipinski definition) is 0. The third kappa shape index (κ3) is 4.48. The lowest BCUT2D eigenvalue weighted by atomic mass is 10.2. The van der Waals surface area contributed by atoms with E-state index >= 15 is 0 Å². The van der Waals surface area contributed by atoms with E-state index in [-0.39, 0.29) is 5.91 Å². The second-order valence-electron chi connectivity index (χ2n) is 6.70. The Labute approximate surface area is 158 Å². The van der Waals surface area contributed by atoms with Crippen molar-refractivity contribution in [1.29, 1.82) is 0 Å². The van der Waals surface area contributed by atoms with Gasteiger partial charge in [0.25, 0.3) is 5.91 Å². The Morgan fingerprint density at radius 3 is 2.44 bits per heavy atom. The Kier molecular flexibility index (Phi) is 5.78. The number of carbonyl (C=O) groups excluding carboxylic acids is 2. The molecule has 0 unspecified atom stereocenters. The van der Waals surface area contributed by atoms with Crippen LogP contribution in [0.1, 0.15) is 47.1 Å². The topological polar surface area (TPSA) is 81.9 Å². The molecule has 27 heavy (non-hydrogen) atoms. The SMILES string of the molecule is Cc1noc(C)c1COc1ccc(C(=O)O[C@@H](C)C(=O)N2CCCC2)cc1. The highest BCUT2D eigenvalue weighted by Crippen LogP contribution is 2.19. The number of aryl methyl sites for hydroxylation is 2. The van der Waals surface area contributed by atoms with Gasteiger partial charge in [-0.2, -0.15) is 0 Å². The fourth-order valence-electron chi connectivity index (χ4n) is 3.02. The molecule has 144 valence electrons. The summed E-state index contributed by atoms with van der Waals surface area (Å²) in [7, 11) is 0. The molecular formula is C20H24N2O5. The molecule has 0 spiro atoms. The summed E-state index contributed by atoms with van der Waals surface area (Å²) >= 11 is 0. The molecule has 1 aliphatic heterocycles. The highest BCUT2D eigenvalue weighted by molar-refractivity contribution is 5.92. The van der Waals surface area contributed by atoms with Crippen LogP contribution in [0.25, 0.3) is 0 Å². The van der Waals surface area contributed by atoms with Crippen LogP contribution in [0, 0.1) is 13.8 Å². The molecule has 0 N–H and O–H groups in total. The third-order valence-electron chi connectivity index (χ3n) is 4.70. The lowest BCUT2D eigenvalue weighted by Gasteiger charge is -2.20. The predicted octanol–water partition coefficient (Wildman–Crippen LogP) is 3.04. The van der Waals surface area contributed by atoms with Gasteiger partial charge in [-0.1, -0.05) is 5.16 Å². The van der Waals surface area contributed by atoms with Crippen LogP contribution in [0.5, 0.6) is 5.75 Å². The summed E-state index contributed by atoms with van der Waals surface area (Å²) in [5, 5.41) is 3.89. The van der Waals surface area contributed by atoms with Gasteiger partial charge in [0, 0.05) is 13.1 Å². The molecule has 1 aromatic carbocycles. The number of rotatable bonds is 6. The maximum absolute atomic E-state index is 12.3. The number of nitrogens with zero attached hydrogens (tertiary/aromatic N) is 2. The van der Waals surface area contributed by atoms with Gasteiger partial charge >= 0.3 is 5.97 Å². The Hall–Kier alpha value is -2.83. The van der Waals surface area contributed by atoms with Crippen LogP contribution in [-0.4, -0.2) is 41.1 Å². The minimum Gasteiger partial charge on any atom is -0.489 e. The molecule has 0 radical (unpaired) electrons. The van der Waals surface area contributed by atoms with Crippen LogP contribution in [0.3, 0.4) is 0 Å². The van der Waals surface area contributed by atoms with E-state index in [1.165, 1.54) is 0 Å². The molecule has 2 heterocycles. The molecule has 2 aromatic rings. The molecule has 1 fully saturated rings. The van der Waals surface area contributed by atoms with E-state index in [0.717, 1.165) is 42.9 Å². The molecule has 7 heteroatoms. The first-order valence-corrected chi connectivity index (χ1v) is 9.10. The standard InChI is InChI=1S/C20H24N2O5/c1-13-18(14(2)27-21-13)12-25-17-8-6-16(7-9-17)20(24)26-15(3)19(23)22-10-4-5-11-22/h6-9,15H,4-5,10-12H2,1-3H3/t15-/m0/s1. The van der Waals surface area contributed by atoms with Crippen LogP contribution >= 0.6 is 0 Å². The lowest BCUT2D eigenvalue weighted by molar-refractivity contribution is -0.138. The molecule has 1 atom stereocenters. The molecule has 1 saturated heterocycles. The van der Waals surface area contributed by atoms with E-state index in [4.69, 9.17) is 14.0 Å². The van der Waals surface area contributed by atoms with E-state index in [9.17, 15) is 9.59 Å². The van der Waals surface area contributed by atoms with Crippen molar-refractivity contribution < 1.29 is 23.6 Å². The second-order valence-corrected chi connectivity index (χ2v) is 6.70. The highest BCUT2D eigenvalue weighted by Gasteiger charge is 2.26. The van der Waals surface area contributed by atoms with E-state index < -0.39 is 12.1 Å². The van der Waals surface area contributed by atoms with Gasteiger partial charge in [-0.3, -0.25) is 4.79 Å². The summed E-state index contributed by atoms with van der Waals surface area (Å²) in [5.41, 5.74) is 2.08. The Morgan fingerprint density at radius 1 is 1.19 bits per heavy atom. The maximum atomic E-state index is 12.3. The summed E-state index contributed by atoms with van der Waals surface area (Å²) in [6, 6.07) is 6.64. The van der Waals surface area contributed by atoms with Gasteiger partial charge in [-0.15, -0.1) is 0 Å². The van der Waals surface area contributed by atoms with Crippen molar-refractivity contribution in [2.75, 3.05) is 13.1 Å². The van der Waals surface area contributed by atoms with E-state index in [0.29, 0.717) is 17.9 Å². The zero-order valence-corrected chi connectivity index (χ0v) is 15.9. The van der Waals surface area contributed by atoms with E-state index in [2.05, 4.69) is 5.16 Å². The van der Waals surface area contributed by atoms with Crippen LogP contribution < -0.4 is 4.74 Å². The highest BCUT2D eigenvalue weighted by atomic mass is 16.5. The summed E-state index contributed by atoms with van der Waals surface area (Å²) in [6.07, 6.45) is 1.22. The third-order valence-corrected chi connectivity index (χ3v) is 4.70. The Balaban J connectivity index is 1.54. The minimum atomic E-state index is -0.786. The van der Waals surface area contributed by atoms with Gasteiger partial charge in [0.1, 0.15) is 18.1 Å². The monoisotopic (exact) mass is 372 g/mol. The number of ether oxygens (including phenoxy) is 2. The van der Waals surface area contributed by atoms with Gasteiger partial charge in [0.05, 0.1) is 16.8 Å². The van der Waals surface area contributed by atoms with Crippen LogP contribution in [0.2, 0.25) is 0 Å². The van der Waals surface area contributed by atoms with Crippen molar-refractivity contribution in [3.05, 3.63) is 46.8 Å². The Morgan fingerprint density at radius 2 is 1.85 bits per heavy atom. The second kappa shape index (κ2) is 8.24. The van der Waals surface area contributed by atoms with Crippen molar-refractivity contribution in [1.82, 2.24) is 10.1 Å². The molecule has 1 aliphatic rings. The zero-order valence-electron chi connectivity index (χ0n) is 15.9. The first kappa shape index (κ1) is 18.9. The summed E-state index contributed by atoms with van der Waals surface area (Å²) in [5.74, 6) is 0.685. The largest absolute Gasteiger partial charge is 0.489 e. The van der Waals surface area contributed by atoms with Crippen LogP contribution in [0.4, 0.5) is 0 Å². The van der Waals surface area contributed by atoms with E-state index in [1.807, 2.05) is 13.8 Å². The molecule has 0 saturated carbocycles. The molecule has 0 aliphatic carbocycles. The molecule has 0 bridgehead atoms. The number of aromatic nitrogens is 1. The molecule has 3 rings (SSSR count). The van der Waals surface area contributed by atoms with Gasteiger partial charge in [-0.25, -0.2) is 4.79 Å². The number of benzene rings is 1. The summed E-state index contributed by atoms with van der Waals surface area (Å²) < 4.78 is 16.1. The molecular weight excluding hydrogens is 348 g/mol. The van der Waals surface area contributed by atoms with Gasteiger partial charge < -0.3 is 18.9 Å². The first-order valence-electron chi connectivity index (χ1n) is 9.10. The van der Waals surface area contributed by atoms with Crippen LogP contribution in [-0.2, 0) is 16.1 Å². The first-order chi connectivity index (χ1) is 13.0. The average molecular weight is 372 g/mol. The van der Waals surface area contributed by atoms with Gasteiger partial charge in [0.2, 0.25) is 0 Å². The van der Waals surface area contributed by atoms with Crippen molar-refractivity contribution >= 4 is 11.9 Å².